The van der Waals surface area contributed by atoms with Gasteiger partial charge in [0, 0.05) is 0 Å². The van der Waals surface area contributed by atoms with Crippen molar-refractivity contribution in [2.24, 2.45) is 5.92 Å². The Morgan fingerprint density at radius 1 is 1.40 bits per heavy atom. The average Bonchev–Trinajstić information content (AvgIpc) is 2.40. The molecular weight excluding hydrogens is 128 g/mol. The van der Waals surface area contributed by atoms with E-state index in [-0.39, 0.29) is 0 Å². The molecule has 2 heteroatoms. The zero-order valence-corrected chi connectivity index (χ0v) is 6.80. The van der Waals surface area contributed by atoms with Gasteiger partial charge in [-0.1, -0.05) is 32.6 Å². The molecule has 1 aliphatic rings. The van der Waals surface area contributed by atoms with Crippen LogP contribution in [0.25, 0.3) is 0 Å². The predicted octanol–water partition coefficient (Wildman–Crippen LogP) is 1.99. The second-order valence-electron chi connectivity index (χ2n) is 2.72. The summed E-state index contributed by atoms with van der Waals surface area (Å²) >= 11 is 0. The number of ether oxygens (including phenoxy) is 1. The molecule has 0 heterocycles. The van der Waals surface area contributed by atoms with Crippen molar-refractivity contribution in [1.82, 2.24) is 0 Å². The number of rotatable bonds is 1. The summed E-state index contributed by atoms with van der Waals surface area (Å²) in [6.07, 6.45) is 5.95. The first-order valence-corrected chi connectivity index (χ1v) is 3.77. The normalized spacial score (nSPS) is 17.4. The van der Waals surface area contributed by atoms with E-state index in [1.165, 1.54) is 32.8 Å². The summed E-state index contributed by atoms with van der Waals surface area (Å²) in [6.45, 7) is 2.72. The molecule has 0 aromatic carbocycles. The Labute approximate surface area is 62.6 Å². The monoisotopic (exact) mass is 144 g/mol. The fourth-order valence-corrected chi connectivity index (χ4v) is 1.13. The molecule has 1 saturated carbocycles. The van der Waals surface area contributed by atoms with Gasteiger partial charge < -0.3 is 4.74 Å². The predicted molar refractivity (Wildman–Crippen MR) is 40.7 cm³/mol. The molecule has 0 spiro atoms. The Morgan fingerprint density at radius 3 is 1.90 bits per heavy atom. The first kappa shape index (κ1) is 9.47. The minimum Gasteiger partial charge on any atom is -0.471 e. The molecule has 0 bridgehead atoms. The molecule has 1 aliphatic carbocycles. The molecule has 10 heavy (non-hydrogen) atoms. The topological polar surface area (TPSA) is 26.3 Å². The number of hydrogen-bond donors (Lipinski definition) is 0. The van der Waals surface area contributed by atoms with Gasteiger partial charge in [0.15, 0.2) is 0 Å². The van der Waals surface area contributed by atoms with Gasteiger partial charge in [0.2, 0.25) is 0 Å². The summed E-state index contributed by atoms with van der Waals surface area (Å²) in [7, 11) is 1.31. The van der Waals surface area contributed by atoms with Crippen LogP contribution < -0.4 is 0 Å². The van der Waals surface area contributed by atoms with Gasteiger partial charge >= 0.3 is 0 Å². The van der Waals surface area contributed by atoms with E-state index >= 15 is 0 Å². The van der Waals surface area contributed by atoms with Gasteiger partial charge in [0.05, 0.1) is 7.11 Å². The van der Waals surface area contributed by atoms with Crippen molar-refractivity contribution in [2.45, 2.75) is 32.6 Å². The Bertz CT molecular complexity index is 75.3. The van der Waals surface area contributed by atoms with Crippen LogP contribution in [0, 0.1) is 5.92 Å². The van der Waals surface area contributed by atoms with E-state index in [0.29, 0.717) is 6.47 Å². The zero-order chi connectivity index (χ0) is 7.82. The molecule has 0 atom stereocenters. The minimum atomic E-state index is 0.375. The largest absolute Gasteiger partial charge is 0.471 e. The van der Waals surface area contributed by atoms with Gasteiger partial charge in [0.1, 0.15) is 0 Å². The van der Waals surface area contributed by atoms with E-state index in [1.807, 2.05) is 0 Å². The minimum absolute atomic E-state index is 0.375. The highest BCUT2D eigenvalue weighted by Crippen LogP contribution is 2.22. The highest BCUT2D eigenvalue weighted by Gasteiger charge is 2.07. The van der Waals surface area contributed by atoms with Crippen LogP contribution in [0.15, 0.2) is 0 Å². The van der Waals surface area contributed by atoms with Gasteiger partial charge in [-0.2, -0.15) is 0 Å². The third kappa shape index (κ3) is 5.60. The lowest BCUT2D eigenvalue weighted by atomic mass is 10.2. The Morgan fingerprint density at radius 2 is 1.80 bits per heavy atom. The second-order valence-corrected chi connectivity index (χ2v) is 2.72. The summed E-state index contributed by atoms with van der Waals surface area (Å²) in [5.74, 6) is 1.05. The molecule has 0 aromatic heterocycles. The van der Waals surface area contributed by atoms with Crippen molar-refractivity contribution in [3.05, 3.63) is 0 Å². The smallest absolute Gasteiger partial charge is 0.292 e. The number of methoxy groups -OCH3 is 1. The van der Waals surface area contributed by atoms with Gasteiger partial charge in [-0.25, -0.2) is 0 Å². The van der Waals surface area contributed by atoms with E-state index in [0.717, 1.165) is 5.92 Å². The summed E-state index contributed by atoms with van der Waals surface area (Å²) < 4.78 is 3.86. The third-order valence-corrected chi connectivity index (χ3v) is 1.74. The molecular formula is C8H16O2. The number of carbonyl (C=O) groups is 1. The van der Waals surface area contributed by atoms with Crippen LogP contribution in [-0.2, 0) is 9.53 Å². The molecule has 0 radical (unpaired) electrons. The van der Waals surface area contributed by atoms with Crippen molar-refractivity contribution in [1.29, 1.82) is 0 Å². The lowest BCUT2D eigenvalue weighted by Crippen LogP contribution is -1.78. The number of carbonyl (C=O) groups excluding carboxylic acids is 1. The molecule has 1 fully saturated rings. The van der Waals surface area contributed by atoms with E-state index in [1.54, 1.807) is 0 Å². The van der Waals surface area contributed by atoms with Crippen LogP contribution in [-0.4, -0.2) is 13.6 Å². The third-order valence-electron chi connectivity index (χ3n) is 1.74. The fraction of sp³-hybridized carbons (Fsp3) is 0.875. The summed E-state index contributed by atoms with van der Waals surface area (Å²) in [4.78, 5) is 8.95. The number of hydrogen-bond acceptors (Lipinski definition) is 2. The van der Waals surface area contributed by atoms with Crippen LogP contribution in [0.1, 0.15) is 32.6 Å². The van der Waals surface area contributed by atoms with Gasteiger partial charge in [-0.15, -0.1) is 0 Å². The van der Waals surface area contributed by atoms with Crippen LogP contribution in [0.3, 0.4) is 0 Å². The van der Waals surface area contributed by atoms with Gasteiger partial charge in [-0.3, -0.25) is 4.79 Å². The van der Waals surface area contributed by atoms with E-state index in [9.17, 15) is 0 Å². The van der Waals surface area contributed by atoms with Crippen LogP contribution in [0.2, 0.25) is 0 Å². The molecule has 0 amide bonds. The molecule has 0 aromatic rings. The zero-order valence-electron chi connectivity index (χ0n) is 6.80. The van der Waals surface area contributed by atoms with Crippen molar-refractivity contribution >= 4 is 6.47 Å². The first-order valence-electron chi connectivity index (χ1n) is 3.77. The average molecular weight is 144 g/mol. The van der Waals surface area contributed by atoms with Crippen LogP contribution >= 0.6 is 0 Å². The molecule has 0 saturated heterocycles. The summed E-state index contributed by atoms with van der Waals surface area (Å²) in [6, 6.07) is 0. The molecule has 0 aliphatic heterocycles. The lowest BCUT2D eigenvalue weighted by molar-refractivity contribution is -0.126. The highest BCUT2D eigenvalue weighted by atomic mass is 16.5. The Kier molecular flexibility index (Phi) is 6.24. The van der Waals surface area contributed by atoms with Crippen molar-refractivity contribution in [2.75, 3.05) is 7.11 Å². The van der Waals surface area contributed by atoms with Gasteiger partial charge in [-0.05, 0) is 5.92 Å². The van der Waals surface area contributed by atoms with Gasteiger partial charge in [0.25, 0.3) is 6.47 Å². The molecule has 60 valence electrons. The van der Waals surface area contributed by atoms with Crippen LogP contribution in [0.4, 0.5) is 0 Å². The Balaban J connectivity index is 0.000000180. The maximum absolute atomic E-state index is 8.95. The quantitative estimate of drug-likeness (QED) is 0.526. The maximum Gasteiger partial charge on any atom is 0.292 e. The summed E-state index contributed by atoms with van der Waals surface area (Å²) in [5.41, 5.74) is 0. The maximum atomic E-state index is 8.95. The SMILES string of the molecule is CC1CCCC1.COC=O. The summed E-state index contributed by atoms with van der Waals surface area (Å²) in [5, 5.41) is 0. The van der Waals surface area contributed by atoms with Crippen molar-refractivity contribution in [3.8, 4) is 0 Å². The van der Waals surface area contributed by atoms with E-state index in [2.05, 4.69) is 11.7 Å². The molecule has 1 rings (SSSR count). The Hall–Kier alpha value is -0.530. The highest BCUT2D eigenvalue weighted by molar-refractivity contribution is 5.36. The molecule has 0 N–H and O–H groups in total. The van der Waals surface area contributed by atoms with Crippen molar-refractivity contribution in [3.63, 3.8) is 0 Å². The molecule has 2 nitrogen and oxygen atoms in total. The van der Waals surface area contributed by atoms with E-state index in [4.69, 9.17) is 4.79 Å². The second kappa shape index (κ2) is 6.59. The van der Waals surface area contributed by atoms with Crippen LogP contribution in [0.5, 0.6) is 0 Å². The first-order chi connectivity index (χ1) is 4.81. The lowest BCUT2D eigenvalue weighted by Gasteiger charge is -1.91. The molecule has 0 unspecified atom stereocenters. The van der Waals surface area contributed by atoms with Crippen molar-refractivity contribution < 1.29 is 9.53 Å². The van der Waals surface area contributed by atoms with E-state index < -0.39 is 0 Å². The fourth-order valence-electron chi connectivity index (χ4n) is 1.13. The standard InChI is InChI=1S/C6H12.C2H4O2/c1-6-4-2-3-5-6;1-4-2-3/h6H,2-5H2,1H3;2H,1H3.